The molecule has 0 bridgehead atoms. The molecule has 0 aliphatic carbocycles. The molecule has 12 heavy (non-hydrogen) atoms. The van der Waals surface area contributed by atoms with Crippen molar-refractivity contribution < 1.29 is 4.79 Å². The van der Waals surface area contributed by atoms with Crippen LogP contribution < -0.4 is 5.32 Å². The Morgan fingerprint density at radius 3 is 2.42 bits per heavy atom. The summed E-state index contributed by atoms with van der Waals surface area (Å²) in [5, 5.41) is 2.37. The number of hydrogen-bond acceptors (Lipinski definition) is 1. The first-order valence-electron chi connectivity index (χ1n) is 4.31. The van der Waals surface area contributed by atoms with Gasteiger partial charge in [0.05, 0.1) is 0 Å². The highest BCUT2D eigenvalue weighted by molar-refractivity contribution is 6.30. The highest BCUT2D eigenvalue weighted by atomic mass is 35.5. The van der Waals surface area contributed by atoms with Gasteiger partial charge in [0.15, 0.2) is 0 Å². The fraction of sp³-hybridized carbons (Fsp3) is 0.889. The number of carbonyl (C=O) groups is 1. The van der Waals surface area contributed by atoms with E-state index in [1.165, 1.54) is 0 Å². The van der Waals surface area contributed by atoms with Crippen LogP contribution in [0.1, 0.15) is 34.1 Å². The van der Waals surface area contributed by atoms with E-state index in [-0.39, 0.29) is 11.3 Å². The van der Waals surface area contributed by atoms with Crippen LogP contribution >= 0.6 is 11.6 Å². The summed E-state index contributed by atoms with van der Waals surface area (Å²) >= 11 is 5.59. The van der Waals surface area contributed by atoms with Crippen LogP contribution in [0, 0.1) is 5.41 Å². The highest BCUT2D eigenvalue weighted by Gasteiger charge is 2.17. The topological polar surface area (TPSA) is 29.1 Å². The Morgan fingerprint density at radius 2 is 2.08 bits per heavy atom. The number of carbonyl (C=O) groups excluding carboxylic acids is 1. The maximum absolute atomic E-state index is 11.1. The maximum Gasteiger partial charge on any atom is 0.237 e. The van der Waals surface area contributed by atoms with Crippen molar-refractivity contribution in [2.75, 3.05) is 6.54 Å². The van der Waals surface area contributed by atoms with Crippen molar-refractivity contribution in [1.29, 1.82) is 0 Å². The van der Waals surface area contributed by atoms with Crippen LogP contribution in [0.5, 0.6) is 0 Å². The molecular weight excluding hydrogens is 174 g/mol. The van der Waals surface area contributed by atoms with Gasteiger partial charge in [0.25, 0.3) is 0 Å². The monoisotopic (exact) mass is 191 g/mol. The van der Waals surface area contributed by atoms with Crippen LogP contribution in [0.15, 0.2) is 0 Å². The van der Waals surface area contributed by atoms with E-state index in [4.69, 9.17) is 11.6 Å². The summed E-state index contributed by atoms with van der Waals surface area (Å²) in [6.07, 6.45) is 1.05. The summed E-state index contributed by atoms with van der Waals surface area (Å²) in [4.78, 5) is 11.1. The fourth-order valence-corrected chi connectivity index (χ4v) is 0.669. The summed E-state index contributed by atoms with van der Waals surface area (Å²) in [5.41, 5.74) is 0.168. The summed E-state index contributed by atoms with van der Waals surface area (Å²) in [6, 6.07) is 0. The Morgan fingerprint density at radius 1 is 1.58 bits per heavy atom. The molecule has 1 amide bonds. The lowest BCUT2D eigenvalue weighted by molar-refractivity contribution is -0.120. The minimum atomic E-state index is -0.433. The average molecular weight is 192 g/mol. The second-order valence-corrected chi connectivity index (χ2v) is 4.51. The second kappa shape index (κ2) is 4.70. The molecule has 1 atom stereocenters. The molecule has 0 rings (SSSR count). The molecule has 0 heterocycles. The molecule has 0 aromatic heterocycles. The van der Waals surface area contributed by atoms with Crippen molar-refractivity contribution in [2.24, 2.45) is 5.41 Å². The van der Waals surface area contributed by atoms with E-state index in [0.29, 0.717) is 6.54 Å². The van der Waals surface area contributed by atoms with Crippen LogP contribution in [-0.4, -0.2) is 17.8 Å². The number of nitrogens with one attached hydrogen (secondary N) is 1. The normalized spacial score (nSPS) is 14.1. The van der Waals surface area contributed by atoms with Crippen molar-refractivity contribution in [2.45, 2.75) is 39.5 Å². The molecule has 0 spiro atoms. The Bertz CT molecular complexity index is 155. The number of hydrogen-bond donors (Lipinski definition) is 1. The van der Waals surface area contributed by atoms with Gasteiger partial charge in [-0.25, -0.2) is 0 Å². The lowest BCUT2D eigenvalue weighted by Gasteiger charge is -2.23. The van der Waals surface area contributed by atoms with Gasteiger partial charge in [-0.15, -0.1) is 11.6 Å². The molecule has 72 valence electrons. The molecule has 2 nitrogen and oxygen atoms in total. The van der Waals surface area contributed by atoms with Gasteiger partial charge in [-0.2, -0.15) is 0 Å². The van der Waals surface area contributed by atoms with Gasteiger partial charge in [0, 0.05) is 6.54 Å². The van der Waals surface area contributed by atoms with Crippen molar-refractivity contribution in [3.8, 4) is 0 Å². The van der Waals surface area contributed by atoms with Gasteiger partial charge in [-0.1, -0.05) is 20.8 Å². The third-order valence-electron chi connectivity index (χ3n) is 2.06. The first kappa shape index (κ1) is 11.8. The zero-order valence-corrected chi connectivity index (χ0v) is 9.03. The third-order valence-corrected chi connectivity index (χ3v) is 2.26. The Balaban J connectivity index is 3.76. The molecule has 0 aromatic carbocycles. The molecule has 0 aromatic rings. The molecule has 0 aliphatic rings. The second-order valence-electron chi connectivity index (χ2n) is 3.85. The zero-order chi connectivity index (χ0) is 9.78. The number of rotatable bonds is 4. The molecule has 0 fully saturated rings. The molecule has 0 radical (unpaired) electrons. The third kappa shape index (κ3) is 4.60. The molecule has 0 aliphatic heterocycles. The van der Waals surface area contributed by atoms with Crippen LogP contribution in [-0.2, 0) is 4.79 Å². The first-order chi connectivity index (χ1) is 5.39. The van der Waals surface area contributed by atoms with Crippen LogP contribution in [0.2, 0.25) is 0 Å². The largest absolute Gasteiger partial charge is 0.354 e. The van der Waals surface area contributed by atoms with E-state index in [9.17, 15) is 4.79 Å². The van der Waals surface area contributed by atoms with E-state index < -0.39 is 5.38 Å². The fourth-order valence-electron chi connectivity index (χ4n) is 0.592. The molecule has 3 heteroatoms. The number of alkyl halides is 1. The number of halogens is 1. The lowest BCUT2D eigenvalue weighted by atomic mass is 9.90. The average Bonchev–Trinajstić information content (AvgIpc) is 2.00. The first-order valence-corrected chi connectivity index (χ1v) is 4.74. The molecular formula is C9H18ClNO. The van der Waals surface area contributed by atoms with E-state index in [1.54, 1.807) is 6.92 Å². The van der Waals surface area contributed by atoms with Gasteiger partial charge in [-0.05, 0) is 18.8 Å². The predicted molar refractivity (Wildman–Crippen MR) is 52.4 cm³/mol. The Labute approximate surface area is 79.7 Å². The van der Waals surface area contributed by atoms with E-state index in [0.717, 1.165) is 6.42 Å². The summed E-state index contributed by atoms with van der Waals surface area (Å²) in [5.74, 6) is -0.0850. The van der Waals surface area contributed by atoms with E-state index in [2.05, 4.69) is 26.1 Å². The Kier molecular flexibility index (Phi) is 4.61. The van der Waals surface area contributed by atoms with Gasteiger partial charge < -0.3 is 5.32 Å². The van der Waals surface area contributed by atoms with Gasteiger partial charge in [-0.3, -0.25) is 4.79 Å². The SMILES string of the molecule is CCC(C)(C)CNC(=O)C(C)Cl. The van der Waals surface area contributed by atoms with Crippen molar-refractivity contribution in [3.63, 3.8) is 0 Å². The van der Waals surface area contributed by atoms with Crippen LogP contribution in [0.25, 0.3) is 0 Å². The zero-order valence-electron chi connectivity index (χ0n) is 8.28. The minimum Gasteiger partial charge on any atom is -0.354 e. The molecule has 0 saturated carbocycles. The Hall–Kier alpha value is -0.240. The van der Waals surface area contributed by atoms with Crippen molar-refractivity contribution in [3.05, 3.63) is 0 Å². The van der Waals surface area contributed by atoms with Crippen LogP contribution in [0.3, 0.4) is 0 Å². The van der Waals surface area contributed by atoms with Gasteiger partial charge in [0.1, 0.15) is 5.38 Å². The van der Waals surface area contributed by atoms with Gasteiger partial charge in [0.2, 0.25) is 5.91 Å². The number of amides is 1. The minimum absolute atomic E-state index is 0.0850. The van der Waals surface area contributed by atoms with E-state index >= 15 is 0 Å². The quantitative estimate of drug-likeness (QED) is 0.679. The summed E-state index contributed by atoms with van der Waals surface area (Å²) < 4.78 is 0. The predicted octanol–water partition coefficient (Wildman–Crippen LogP) is 2.17. The molecule has 0 saturated heterocycles. The highest BCUT2D eigenvalue weighted by Crippen LogP contribution is 2.17. The smallest absolute Gasteiger partial charge is 0.237 e. The van der Waals surface area contributed by atoms with E-state index in [1.807, 2.05) is 0 Å². The standard InChI is InChI=1S/C9H18ClNO/c1-5-9(3,4)6-11-8(12)7(2)10/h7H,5-6H2,1-4H3,(H,11,12). The maximum atomic E-state index is 11.1. The summed E-state index contributed by atoms with van der Waals surface area (Å²) in [6.45, 7) is 8.71. The molecule has 1 unspecified atom stereocenters. The molecule has 1 N–H and O–H groups in total. The van der Waals surface area contributed by atoms with Crippen molar-refractivity contribution in [1.82, 2.24) is 5.32 Å². The van der Waals surface area contributed by atoms with Crippen molar-refractivity contribution >= 4 is 17.5 Å². The lowest BCUT2D eigenvalue weighted by Crippen LogP contribution is -2.37. The van der Waals surface area contributed by atoms with Gasteiger partial charge >= 0.3 is 0 Å². The summed E-state index contributed by atoms with van der Waals surface area (Å²) in [7, 11) is 0. The van der Waals surface area contributed by atoms with Crippen LogP contribution in [0.4, 0.5) is 0 Å².